The summed E-state index contributed by atoms with van der Waals surface area (Å²) in [5, 5.41) is 5.54. The topological polar surface area (TPSA) is 32.3 Å². The third-order valence-electron chi connectivity index (χ3n) is 4.61. The molecule has 0 spiro atoms. The summed E-state index contributed by atoms with van der Waals surface area (Å²) < 4.78 is 0. The zero-order valence-electron chi connectivity index (χ0n) is 13.9. The van der Waals surface area contributed by atoms with Crippen molar-refractivity contribution in [1.82, 2.24) is 5.32 Å². The van der Waals surface area contributed by atoms with E-state index in [0.29, 0.717) is 6.54 Å². The van der Waals surface area contributed by atoms with Crippen LogP contribution in [0.15, 0.2) is 72.1 Å². The second-order valence-electron chi connectivity index (χ2n) is 6.16. The summed E-state index contributed by atoms with van der Waals surface area (Å²) in [6.07, 6.45) is 0.939. The Kier molecular flexibility index (Phi) is 4.63. The predicted octanol–water partition coefficient (Wildman–Crippen LogP) is 4.02. The second-order valence-corrected chi connectivity index (χ2v) is 7.14. The number of thiophene rings is 1. The highest BCUT2D eigenvalue weighted by Gasteiger charge is 2.25. The predicted molar refractivity (Wildman–Crippen MR) is 103 cm³/mol. The number of amides is 1. The van der Waals surface area contributed by atoms with E-state index in [9.17, 15) is 4.79 Å². The second kappa shape index (κ2) is 7.21. The van der Waals surface area contributed by atoms with E-state index in [2.05, 4.69) is 41.0 Å². The lowest BCUT2D eigenvalue weighted by Crippen LogP contribution is -2.38. The van der Waals surface area contributed by atoms with Crippen molar-refractivity contribution in [2.45, 2.75) is 12.5 Å². The fraction of sp³-hybridized carbons (Fsp3) is 0.190. The highest BCUT2D eigenvalue weighted by molar-refractivity contribution is 7.10. The fourth-order valence-corrected chi connectivity index (χ4v) is 4.19. The minimum Gasteiger partial charge on any atom is -0.311 e. The monoisotopic (exact) mass is 348 g/mol. The van der Waals surface area contributed by atoms with Crippen LogP contribution in [0.3, 0.4) is 0 Å². The first kappa shape index (κ1) is 16.1. The van der Waals surface area contributed by atoms with Gasteiger partial charge < -0.3 is 4.90 Å². The van der Waals surface area contributed by atoms with Gasteiger partial charge in [-0.1, -0.05) is 54.6 Å². The molecule has 0 fully saturated rings. The van der Waals surface area contributed by atoms with Crippen molar-refractivity contribution < 1.29 is 4.79 Å². The minimum absolute atomic E-state index is 0.0444. The van der Waals surface area contributed by atoms with Crippen LogP contribution in [0, 0.1) is 0 Å². The van der Waals surface area contributed by atoms with Gasteiger partial charge in [-0.3, -0.25) is 10.1 Å². The van der Waals surface area contributed by atoms with Gasteiger partial charge in [0.25, 0.3) is 0 Å². The lowest BCUT2D eigenvalue weighted by molar-refractivity contribution is -0.117. The largest absolute Gasteiger partial charge is 0.311 e. The molecule has 0 bridgehead atoms. The minimum atomic E-state index is 0.0444. The molecule has 1 aliphatic rings. The molecule has 0 saturated heterocycles. The molecule has 4 heteroatoms. The van der Waals surface area contributed by atoms with Crippen LogP contribution in [0.2, 0.25) is 0 Å². The van der Waals surface area contributed by atoms with Crippen LogP contribution in [0.5, 0.6) is 0 Å². The molecular formula is C21H20N2OS. The van der Waals surface area contributed by atoms with Crippen LogP contribution >= 0.6 is 11.3 Å². The number of anilines is 1. The van der Waals surface area contributed by atoms with Gasteiger partial charge in [-0.2, -0.15) is 0 Å². The van der Waals surface area contributed by atoms with Crippen molar-refractivity contribution in [2.75, 3.05) is 18.0 Å². The number of nitrogens with zero attached hydrogens (tertiary/aromatic N) is 1. The average molecular weight is 348 g/mol. The van der Waals surface area contributed by atoms with Gasteiger partial charge in [0.2, 0.25) is 5.91 Å². The molecule has 126 valence electrons. The summed E-state index contributed by atoms with van der Waals surface area (Å²) in [6, 6.07) is 22.7. The van der Waals surface area contributed by atoms with E-state index >= 15 is 0 Å². The number of carbonyl (C=O) groups is 1. The van der Waals surface area contributed by atoms with Crippen molar-refractivity contribution >= 4 is 22.9 Å². The van der Waals surface area contributed by atoms with E-state index in [1.807, 2.05) is 41.3 Å². The molecule has 3 aromatic rings. The zero-order valence-corrected chi connectivity index (χ0v) is 14.7. The van der Waals surface area contributed by atoms with Gasteiger partial charge in [0.05, 0.1) is 12.6 Å². The molecule has 1 N–H and O–H groups in total. The molecule has 4 rings (SSSR count). The maximum atomic E-state index is 12.8. The first-order chi connectivity index (χ1) is 12.3. The molecule has 25 heavy (non-hydrogen) atoms. The third kappa shape index (κ3) is 3.36. The molecule has 0 saturated carbocycles. The highest BCUT2D eigenvalue weighted by atomic mass is 32.1. The van der Waals surface area contributed by atoms with E-state index in [4.69, 9.17) is 0 Å². The van der Waals surface area contributed by atoms with Gasteiger partial charge in [0.1, 0.15) is 0 Å². The molecule has 0 unspecified atom stereocenters. The van der Waals surface area contributed by atoms with Crippen LogP contribution in [-0.4, -0.2) is 19.0 Å². The molecule has 1 aliphatic heterocycles. The van der Waals surface area contributed by atoms with Crippen LogP contribution in [0.4, 0.5) is 5.69 Å². The first-order valence-corrected chi connectivity index (χ1v) is 9.41. The third-order valence-corrected chi connectivity index (χ3v) is 5.54. The summed E-state index contributed by atoms with van der Waals surface area (Å²) in [5.74, 6) is 0.127. The van der Waals surface area contributed by atoms with E-state index in [1.54, 1.807) is 11.3 Å². The standard InChI is InChI=1S/C21H20N2OS/c24-20(23-13-12-16-7-4-5-10-18(16)23)15-22-21(19-11-6-14-25-19)17-8-2-1-3-9-17/h1-11,14,21-22H,12-13,15H2/t21-/m0/s1. The zero-order chi connectivity index (χ0) is 17.1. The number of rotatable bonds is 5. The molecule has 1 atom stereocenters. The number of hydrogen-bond donors (Lipinski definition) is 1. The number of para-hydroxylation sites is 1. The normalized spacial score (nSPS) is 14.3. The van der Waals surface area contributed by atoms with Crippen molar-refractivity contribution in [3.8, 4) is 0 Å². The Morgan fingerprint density at radius 1 is 1.04 bits per heavy atom. The number of nitrogens with one attached hydrogen (secondary N) is 1. The van der Waals surface area contributed by atoms with Crippen LogP contribution < -0.4 is 10.2 Å². The lowest BCUT2D eigenvalue weighted by atomic mass is 10.1. The smallest absolute Gasteiger partial charge is 0.240 e. The molecule has 2 heterocycles. The maximum Gasteiger partial charge on any atom is 0.240 e. The summed E-state index contributed by atoms with van der Waals surface area (Å²) in [5.41, 5.74) is 3.50. The number of carbonyl (C=O) groups excluding carboxylic acids is 1. The Morgan fingerprint density at radius 2 is 1.84 bits per heavy atom. The SMILES string of the molecule is O=C(CN[C@@H](c1ccccc1)c1cccs1)N1CCc2ccccc21. The van der Waals surface area contributed by atoms with Crippen molar-refractivity contribution in [1.29, 1.82) is 0 Å². The van der Waals surface area contributed by atoms with Gasteiger partial charge in [0.15, 0.2) is 0 Å². The number of fused-ring (bicyclic) bond motifs is 1. The molecule has 0 aliphatic carbocycles. The molecular weight excluding hydrogens is 328 g/mol. The Hall–Kier alpha value is -2.43. The number of hydrogen-bond acceptors (Lipinski definition) is 3. The van der Waals surface area contributed by atoms with Crippen LogP contribution in [0.1, 0.15) is 22.0 Å². The Morgan fingerprint density at radius 3 is 2.64 bits per heavy atom. The lowest BCUT2D eigenvalue weighted by Gasteiger charge is -2.21. The fourth-order valence-electron chi connectivity index (χ4n) is 3.37. The van der Waals surface area contributed by atoms with Crippen molar-refractivity contribution in [2.24, 2.45) is 0 Å². The summed E-state index contributed by atoms with van der Waals surface area (Å²) >= 11 is 1.71. The van der Waals surface area contributed by atoms with E-state index < -0.39 is 0 Å². The van der Waals surface area contributed by atoms with E-state index in [1.165, 1.54) is 16.0 Å². The van der Waals surface area contributed by atoms with Gasteiger partial charge in [-0.15, -0.1) is 11.3 Å². The summed E-state index contributed by atoms with van der Waals surface area (Å²) in [4.78, 5) is 15.9. The molecule has 2 aromatic carbocycles. The number of benzene rings is 2. The van der Waals surface area contributed by atoms with Gasteiger partial charge >= 0.3 is 0 Å². The Labute approximate surface area is 151 Å². The Bertz CT molecular complexity index is 845. The maximum absolute atomic E-state index is 12.8. The van der Waals surface area contributed by atoms with E-state index in [-0.39, 0.29) is 11.9 Å². The van der Waals surface area contributed by atoms with Gasteiger partial charge in [-0.25, -0.2) is 0 Å². The first-order valence-electron chi connectivity index (χ1n) is 8.53. The molecule has 3 nitrogen and oxygen atoms in total. The van der Waals surface area contributed by atoms with Crippen molar-refractivity contribution in [3.05, 3.63) is 88.1 Å². The van der Waals surface area contributed by atoms with Crippen LogP contribution in [0.25, 0.3) is 0 Å². The average Bonchev–Trinajstić information content (AvgIpc) is 3.32. The van der Waals surface area contributed by atoms with Gasteiger partial charge in [-0.05, 0) is 35.1 Å². The Balaban J connectivity index is 1.50. The van der Waals surface area contributed by atoms with Crippen LogP contribution in [-0.2, 0) is 11.2 Å². The van der Waals surface area contributed by atoms with Gasteiger partial charge in [0, 0.05) is 17.1 Å². The molecule has 1 aromatic heterocycles. The summed E-state index contributed by atoms with van der Waals surface area (Å²) in [6.45, 7) is 1.10. The molecule has 0 radical (unpaired) electrons. The molecule has 1 amide bonds. The highest BCUT2D eigenvalue weighted by Crippen LogP contribution is 2.28. The quantitative estimate of drug-likeness (QED) is 0.755. The van der Waals surface area contributed by atoms with E-state index in [0.717, 1.165) is 18.7 Å². The van der Waals surface area contributed by atoms with Crippen molar-refractivity contribution in [3.63, 3.8) is 0 Å². The summed E-state index contributed by atoms with van der Waals surface area (Å²) in [7, 11) is 0.